The predicted molar refractivity (Wildman–Crippen MR) is 97.3 cm³/mol. The van der Waals surface area contributed by atoms with Crippen LogP contribution in [0.15, 0.2) is 18.3 Å². The van der Waals surface area contributed by atoms with Crippen LogP contribution < -0.4 is 4.90 Å². The molecule has 1 saturated carbocycles. The Kier molecular flexibility index (Phi) is 4.04. The van der Waals surface area contributed by atoms with Crippen LogP contribution in [0.4, 0.5) is 5.69 Å². The first kappa shape index (κ1) is 16.1. The Hall–Kier alpha value is -2.15. The minimum Gasteiger partial charge on any atom is -0.378 e. The van der Waals surface area contributed by atoms with Crippen molar-refractivity contribution in [1.82, 2.24) is 19.5 Å². The number of rotatable bonds is 3. The Morgan fingerprint density at radius 3 is 2.77 bits per heavy atom. The van der Waals surface area contributed by atoms with Gasteiger partial charge in [0.25, 0.3) is 0 Å². The van der Waals surface area contributed by atoms with Gasteiger partial charge in [-0.25, -0.2) is 9.50 Å². The van der Waals surface area contributed by atoms with Crippen LogP contribution >= 0.6 is 0 Å². The third kappa shape index (κ3) is 3.05. The molecule has 0 aromatic carbocycles. The maximum Gasteiger partial charge on any atom is 0.225 e. The van der Waals surface area contributed by atoms with E-state index in [2.05, 4.69) is 17.2 Å². The highest BCUT2D eigenvalue weighted by Gasteiger charge is 2.36. The molecule has 0 radical (unpaired) electrons. The SMILES string of the molecule is O=C(C1CC1)N1CCC[C@H](c2nc3ccc(N4CCOCC4)cn3n2)C1. The van der Waals surface area contributed by atoms with E-state index in [1.54, 1.807) is 0 Å². The van der Waals surface area contributed by atoms with Crippen molar-refractivity contribution in [2.75, 3.05) is 44.3 Å². The summed E-state index contributed by atoms with van der Waals surface area (Å²) in [5.41, 5.74) is 2.04. The molecule has 7 heteroatoms. The number of morpholine rings is 1. The van der Waals surface area contributed by atoms with E-state index >= 15 is 0 Å². The van der Waals surface area contributed by atoms with E-state index < -0.39 is 0 Å². The molecule has 26 heavy (non-hydrogen) atoms. The van der Waals surface area contributed by atoms with Crippen molar-refractivity contribution in [3.05, 3.63) is 24.2 Å². The second kappa shape index (κ2) is 6.54. The Morgan fingerprint density at radius 1 is 1.12 bits per heavy atom. The van der Waals surface area contributed by atoms with E-state index in [0.717, 1.165) is 82.2 Å². The lowest BCUT2D eigenvalue weighted by atomic mass is 9.97. The lowest BCUT2D eigenvalue weighted by molar-refractivity contribution is -0.133. The first-order valence-electron chi connectivity index (χ1n) is 9.76. The number of piperidine rings is 1. The monoisotopic (exact) mass is 355 g/mol. The number of ether oxygens (including phenoxy) is 1. The summed E-state index contributed by atoms with van der Waals surface area (Å²) in [6.07, 6.45) is 6.29. The van der Waals surface area contributed by atoms with Crippen molar-refractivity contribution >= 4 is 17.2 Å². The molecule has 1 aliphatic carbocycles. The first-order chi connectivity index (χ1) is 12.8. The van der Waals surface area contributed by atoms with Crippen LogP contribution in [0.5, 0.6) is 0 Å². The van der Waals surface area contributed by atoms with Gasteiger partial charge in [0, 0.05) is 38.0 Å². The second-order valence-corrected chi connectivity index (χ2v) is 7.66. The molecule has 4 heterocycles. The van der Waals surface area contributed by atoms with Crippen molar-refractivity contribution in [3.63, 3.8) is 0 Å². The topological polar surface area (TPSA) is 63.0 Å². The minimum absolute atomic E-state index is 0.248. The summed E-state index contributed by atoms with van der Waals surface area (Å²) in [5, 5.41) is 4.76. The van der Waals surface area contributed by atoms with Crippen molar-refractivity contribution in [2.45, 2.75) is 31.6 Å². The lowest BCUT2D eigenvalue weighted by Gasteiger charge is -2.31. The smallest absolute Gasteiger partial charge is 0.225 e. The Morgan fingerprint density at radius 2 is 1.96 bits per heavy atom. The van der Waals surface area contributed by atoms with Crippen LogP contribution in [0.25, 0.3) is 5.65 Å². The van der Waals surface area contributed by atoms with Gasteiger partial charge in [0.2, 0.25) is 5.91 Å². The molecule has 2 aromatic rings. The average Bonchev–Trinajstić information content (AvgIpc) is 3.46. The number of carbonyl (C=O) groups is 1. The molecule has 2 aromatic heterocycles. The van der Waals surface area contributed by atoms with Crippen LogP contribution in [0.1, 0.15) is 37.4 Å². The molecule has 3 fully saturated rings. The van der Waals surface area contributed by atoms with E-state index in [1.165, 1.54) is 0 Å². The summed E-state index contributed by atoms with van der Waals surface area (Å²) in [6, 6.07) is 4.15. The van der Waals surface area contributed by atoms with Gasteiger partial charge in [-0.2, -0.15) is 5.10 Å². The van der Waals surface area contributed by atoms with E-state index in [0.29, 0.717) is 11.8 Å². The van der Waals surface area contributed by atoms with Gasteiger partial charge in [0.1, 0.15) is 0 Å². The number of carbonyl (C=O) groups excluding carboxylic acids is 1. The number of fused-ring (bicyclic) bond motifs is 1. The predicted octanol–water partition coefficient (Wildman–Crippen LogP) is 1.68. The van der Waals surface area contributed by atoms with Gasteiger partial charge in [-0.3, -0.25) is 4.79 Å². The molecule has 0 unspecified atom stereocenters. The summed E-state index contributed by atoms with van der Waals surface area (Å²) < 4.78 is 7.32. The Balaban J connectivity index is 1.36. The fourth-order valence-electron chi connectivity index (χ4n) is 4.05. The standard InChI is InChI=1S/C19H25N5O2/c25-19(14-3-4-14)23-7-1-2-15(12-23)18-20-17-6-5-16(13-24(17)21-18)22-8-10-26-11-9-22/h5-6,13-15H,1-4,7-12H2/t15-/m0/s1. The number of hydrogen-bond acceptors (Lipinski definition) is 5. The molecule has 0 N–H and O–H groups in total. The zero-order valence-corrected chi connectivity index (χ0v) is 15.0. The molecule has 1 amide bonds. The highest BCUT2D eigenvalue weighted by atomic mass is 16.5. The summed E-state index contributed by atoms with van der Waals surface area (Å²) in [7, 11) is 0. The minimum atomic E-state index is 0.248. The Bertz CT molecular complexity index is 809. The molecular formula is C19H25N5O2. The van der Waals surface area contributed by atoms with Crippen LogP contribution in [0.3, 0.4) is 0 Å². The molecular weight excluding hydrogens is 330 g/mol. The molecule has 7 nitrogen and oxygen atoms in total. The van der Waals surface area contributed by atoms with Crippen LogP contribution in [0.2, 0.25) is 0 Å². The molecule has 138 valence electrons. The summed E-state index contributed by atoms with van der Waals surface area (Å²) in [5.74, 6) is 1.75. The van der Waals surface area contributed by atoms with Gasteiger partial charge >= 0.3 is 0 Å². The summed E-state index contributed by atoms with van der Waals surface area (Å²) in [4.78, 5) is 21.5. The number of likely N-dealkylation sites (tertiary alicyclic amines) is 1. The number of amides is 1. The molecule has 1 atom stereocenters. The molecule has 2 aliphatic heterocycles. The summed E-state index contributed by atoms with van der Waals surface area (Å²) in [6.45, 7) is 5.02. The largest absolute Gasteiger partial charge is 0.378 e. The first-order valence-corrected chi connectivity index (χ1v) is 9.76. The van der Waals surface area contributed by atoms with Gasteiger partial charge in [0.15, 0.2) is 11.5 Å². The maximum absolute atomic E-state index is 12.4. The number of nitrogens with zero attached hydrogens (tertiary/aromatic N) is 5. The average molecular weight is 355 g/mol. The van der Waals surface area contributed by atoms with E-state index in [9.17, 15) is 4.79 Å². The van der Waals surface area contributed by atoms with Gasteiger partial charge in [-0.05, 0) is 37.8 Å². The van der Waals surface area contributed by atoms with Crippen LogP contribution in [0, 0.1) is 5.92 Å². The van der Waals surface area contributed by atoms with Gasteiger partial charge in [-0.1, -0.05) is 0 Å². The normalized spacial score (nSPS) is 24.2. The Labute approximate surface area is 152 Å². The van der Waals surface area contributed by atoms with Crippen LogP contribution in [-0.2, 0) is 9.53 Å². The van der Waals surface area contributed by atoms with Crippen molar-refractivity contribution in [1.29, 1.82) is 0 Å². The highest BCUT2D eigenvalue weighted by Crippen LogP contribution is 2.34. The van der Waals surface area contributed by atoms with E-state index in [-0.39, 0.29) is 5.92 Å². The third-order valence-electron chi connectivity index (χ3n) is 5.73. The highest BCUT2D eigenvalue weighted by molar-refractivity contribution is 5.81. The van der Waals surface area contributed by atoms with Gasteiger partial charge < -0.3 is 14.5 Å². The molecule has 3 aliphatic rings. The third-order valence-corrected chi connectivity index (χ3v) is 5.73. The zero-order valence-electron chi connectivity index (χ0n) is 15.0. The quantitative estimate of drug-likeness (QED) is 0.838. The van der Waals surface area contributed by atoms with Crippen LogP contribution in [-0.4, -0.2) is 64.8 Å². The molecule has 2 saturated heterocycles. The van der Waals surface area contributed by atoms with Gasteiger partial charge in [0.05, 0.1) is 25.1 Å². The molecule has 0 spiro atoms. The fourth-order valence-corrected chi connectivity index (χ4v) is 4.05. The second-order valence-electron chi connectivity index (χ2n) is 7.66. The zero-order chi connectivity index (χ0) is 17.5. The fraction of sp³-hybridized carbons (Fsp3) is 0.632. The van der Waals surface area contributed by atoms with Crippen molar-refractivity contribution < 1.29 is 9.53 Å². The lowest BCUT2D eigenvalue weighted by Crippen LogP contribution is -2.40. The van der Waals surface area contributed by atoms with E-state index in [4.69, 9.17) is 14.8 Å². The van der Waals surface area contributed by atoms with Crippen molar-refractivity contribution in [3.8, 4) is 0 Å². The van der Waals surface area contributed by atoms with E-state index in [1.807, 2.05) is 15.5 Å². The number of anilines is 1. The van der Waals surface area contributed by atoms with Crippen molar-refractivity contribution in [2.24, 2.45) is 5.92 Å². The van der Waals surface area contributed by atoms with Gasteiger partial charge in [-0.15, -0.1) is 0 Å². The number of hydrogen-bond donors (Lipinski definition) is 0. The summed E-state index contributed by atoms with van der Waals surface area (Å²) >= 11 is 0. The molecule has 0 bridgehead atoms. The number of pyridine rings is 1. The molecule has 5 rings (SSSR count). The maximum atomic E-state index is 12.4. The number of aromatic nitrogens is 3.